The zero-order chi connectivity index (χ0) is 16.5. The van der Waals surface area contributed by atoms with E-state index in [9.17, 15) is 4.79 Å². The highest BCUT2D eigenvalue weighted by Gasteiger charge is 2.31. The fourth-order valence-electron chi connectivity index (χ4n) is 2.75. The third-order valence-corrected chi connectivity index (χ3v) is 3.94. The minimum absolute atomic E-state index is 0.0917. The van der Waals surface area contributed by atoms with Gasteiger partial charge in [-0.1, -0.05) is 17.3 Å². The van der Waals surface area contributed by atoms with Crippen LogP contribution in [0.1, 0.15) is 17.4 Å². The Kier molecular flexibility index (Phi) is 3.49. The molecule has 1 aliphatic rings. The molecule has 0 spiro atoms. The zero-order valence-electron chi connectivity index (χ0n) is 13.0. The number of nitrogens with zero attached hydrogens (tertiary/aromatic N) is 3. The Labute approximate surface area is 138 Å². The second-order valence-corrected chi connectivity index (χ2v) is 5.62. The fourth-order valence-corrected chi connectivity index (χ4v) is 2.75. The molecule has 3 heterocycles. The molecule has 1 aromatic carbocycles. The van der Waals surface area contributed by atoms with Crippen LogP contribution >= 0.6 is 0 Å². The van der Waals surface area contributed by atoms with Crippen molar-refractivity contribution in [3.63, 3.8) is 0 Å². The van der Waals surface area contributed by atoms with Crippen LogP contribution in [0.15, 0.2) is 59.4 Å². The molecule has 1 amide bonds. The number of carbonyl (C=O) groups is 1. The van der Waals surface area contributed by atoms with E-state index in [1.54, 1.807) is 29.4 Å². The smallest absolute Gasteiger partial charge is 0.280 e. The summed E-state index contributed by atoms with van der Waals surface area (Å²) in [5.41, 5.74) is 1.78. The molecule has 0 aliphatic carbocycles. The van der Waals surface area contributed by atoms with E-state index in [-0.39, 0.29) is 17.6 Å². The van der Waals surface area contributed by atoms with Crippen LogP contribution in [0.2, 0.25) is 0 Å². The van der Waals surface area contributed by atoms with Crippen LogP contribution in [-0.4, -0.2) is 28.7 Å². The van der Waals surface area contributed by atoms with Gasteiger partial charge in [0.1, 0.15) is 12.4 Å². The van der Waals surface area contributed by atoms with E-state index in [1.807, 2.05) is 37.3 Å². The number of para-hydroxylation sites is 2. The number of fused-ring (bicyclic) bond motifs is 1. The summed E-state index contributed by atoms with van der Waals surface area (Å²) >= 11 is 0. The third-order valence-electron chi connectivity index (χ3n) is 3.94. The highest BCUT2D eigenvalue weighted by molar-refractivity contribution is 6.06. The summed E-state index contributed by atoms with van der Waals surface area (Å²) in [7, 11) is 0. The van der Waals surface area contributed by atoms with Crippen LogP contribution < -0.4 is 9.64 Å². The van der Waals surface area contributed by atoms with E-state index in [2.05, 4.69) is 10.1 Å². The standard InChI is InChI=1S/C18H15N3O3/c1-12-11-23-16-7-3-2-6-15(16)21(12)18(22)14-9-17(24-20-14)13-5-4-8-19-10-13/h2-10,12H,11H2,1H3/t12-/m1/s1. The number of benzene rings is 1. The molecule has 4 rings (SSSR count). The average molecular weight is 321 g/mol. The van der Waals surface area contributed by atoms with Crippen molar-refractivity contribution in [3.05, 3.63) is 60.6 Å². The lowest BCUT2D eigenvalue weighted by molar-refractivity contribution is 0.0952. The Hall–Kier alpha value is -3.15. The predicted molar refractivity (Wildman–Crippen MR) is 87.9 cm³/mol. The summed E-state index contributed by atoms with van der Waals surface area (Å²) in [5, 5.41) is 3.94. The molecule has 24 heavy (non-hydrogen) atoms. The summed E-state index contributed by atoms with van der Waals surface area (Å²) < 4.78 is 11.0. The molecule has 3 aromatic rings. The molecular formula is C18H15N3O3. The molecule has 0 radical (unpaired) electrons. The summed E-state index contributed by atoms with van der Waals surface area (Å²) in [6, 6.07) is 12.7. The molecule has 2 aromatic heterocycles. The molecule has 0 saturated heterocycles. The molecule has 1 aliphatic heterocycles. The van der Waals surface area contributed by atoms with Crippen molar-refractivity contribution in [2.75, 3.05) is 11.5 Å². The van der Waals surface area contributed by atoms with Gasteiger partial charge in [-0.2, -0.15) is 0 Å². The van der Waals surface area contributed by atoms with Crippen molar-refractivity contribution in [3.8, 4) is 17.1 Å². The molecule has 6 heteroatoms. The highest BCUT2D eigenvalue weighted by Crippen LogP contribution is 2.34. The Morgan fingerprint density at radius 2 is 2.12 bits per heavy atom. The molecule has 1 atom stereocenters. The van der Waals surface area contributed by atoms with Crippen molar-refractivity contribution >= 4 is 11.6 Å². The number of hydrogen-bond donors (Lipinski definition) is 0. The Morgan fingerprint density at radius 1 is 1.25 bits per heavy atom. The number of hydrogen-bond acceptors (Lipinski definition) is 5. The lowest BCUT2D eigenvalue weighted by Gasteiger charge is -2.34. The SMILES string of the molecule is C[C@@H]1COc2ccccc2N1C(=O)c1cc(-c2cccnc2)on1. The molecular weight excluding hydrogens is 306 g/mol. The third kappa shape index (κ3) is 2.42. The monoisotopic (exact) mass is 321 g/mol. The van der Waals surface area contributed by atoms with Crippen LogP contribution in [0.3, 0.4) is 0 Å². The van der Waals surface area contributed by atoms with E-state index in [0.29, 0.717) is 18.1 Å². The minimum Gasteiger partial charge on any atom is -0.489 e. The molecule has 6 nitrogen and oxygen atoms in total. The first-order valence-electron chi connectivity index (χ1n) is 7.66. The van der Waals surface area contributed by atoms with Crippen LogP contribution in [-0.2, 0) is 0 Å². The molecule has 0 fully saturated rings. The maximum absolute atomic E-state index is 12.9. The number of carbonyl (C=O) groups excluding carboxylic acids is 1. The highest BCUT2D eigenvalue weighted by atomic mass is 16.5. The normalized spacial score (nSPS) is 16.4. The quantitative estimate of drug-likeness (QED) is 0.725. The molecule has 120 valence electrons. The fraction of sp³-hybridized carbons (Fsp3) is 0.167. The number of pyridine rings is 1. The maximum atomic E-state index is 12.9. The average Bonchev–Trinajstić information content (AvgIpc) is 3.12. The van der Waals surface area contributed by atoms with Gasteiger partial charge in [0.25, 0.3) is 5.91 Å². The van der Waals surface area contributed by atoms with Gasteiger partial charge in [-0.3, -0.25) is 14.7 Å². The molecule has 0 bridgehead atoms. The Balaban J connectivity index is 1.68. The van der Waals surface area contributed by atoms with Crippen LogP contribution in [0.4, 0.5) is 5.69 Å². The Morgan fingerprint density at radius 3 is 2.96 bits per heavy atom. The van der Waals surface area contributed by atoms with Crippen molar-refractivity contribution < 1.29 is 14.1 Å². The van der Waals surface area contributed by atoms with Crippen molar-refractivity contribution in [2.45, 2.75) is 13.0 Å². The van der Waals surface area contributed by atoms with Crippen LogP contribution in [0.25, 0.3) is 11.3 Å². The van der Waals surface area contributed by atoms with Gasteiger partial charge >= 0.3 is 0 Å². The summed E-state index contributed by atoms with van der Waals surface area (Å²) in [6.45, 7) is 2.38. The van der Waals surface area contributed by atoms with Gasteiger partial charge in [-0.05, 0) is 31.2 Å². The number of rotatable bonds is 2. The number of ether oxygens (including phenoxy) is 1. The van der Waals surface area contributed by atoms with Crippen molar-refractivity contribution in [2.24, 2.45) is 0 Å². The van der Waals surface area contributed by atoms with Crippen molar-refractivity contribution in [1.82, 2.24) is 10.1 Å². The first-order chi connectivity index (χ1) is 11.7. The molecule has 0 N–H and O–H groups in total. The first-order valence-corrected chi connectivity index (χ1v) is 7.66. The van der Waals surface area contributed by atoms with Crippen LogP contribution in [0.5, 0.6) is 5.75 Å². The van der Waals surface area contributed by atoms with E-state index in [0.717, 1.165) is 11.3 Å². The van der Waals surface area contributed by atoms with E-state index >= 15 is 0 Å². The lowest BCUT2D eigenvalue weighted by Crippen LogP contribution is -2.45. The van der Waals surface area contributed by atoms with Gasteiger partial charge in [0.15, 0.2) is 11.5 Å². The summed E-state index contributed by atoms with van der Waals surface area (Å²) in [6.07, 6.45) is 3.35. The second-order valence-electron chi connectivity index (χ2n) is 5.62. The largest absolute Gasteiger partial charge is 0.489 e. The van der Waals surface area contributed by atoms with E-state index in [1.165, 1.54) is 0 Å². The maximum Gasteiger partial charge on any atom is 0.280 e. The van der Waals surface area contributed by atoms with Gasteiger partial charge in [-0.15, -0.1) is 0 Å². The van der Waals surface area contributed by atoms with Gasteiger partial charge in [0.2, 0.25) is 0 Å². The van der Waals surface area contributed by atoms with Gasteiger partial charge < -0.3 is 9.26 Å². The molecule has 0 unspecified atom stereocenters. The lowest BCUT2D eigenvalue weighted by atomic mass is 10.1. The number of amides is 1. The van der Waals surface area contributed by atoms with Crippen LogP contribution in [0, 0.1) is 0 Å². The van der Waals surface area contributed by atoms with E-state index in [4.69, 9.17) is 9.26 Å². The number of aromatic nitrogens is 2. The Bertz CT molecular complexity index is 876. The number of anilines is 1. The minimum atomic E-state index is -0.211. The summed E-state index contributed by atoms with van der Waals surface area (Å²) in [5.74, 6) is 0.998. The topological polar surface area (TPSA) is 68.5 Å². The van der Waals surface area contributed by atoms with E-state index < -0.39 is 0 Å². The van der Waals surface area contributed by atoms with Gasteiger partial charge in [0, 0.05) is 24.0 Å². The zero-order valence-corrected chi connectivity index (χ0v) is 13.0. The first kappa shape index (κ1) is 14.4. The van der Waals surface area contributed by atoms with Crippen molar-refractivity contribution in [1.29, 1.82) is 0 Å². The van der Waals surface area contributed by atoms with Gasteiger partial charge in [-0.25, -0.2) is 0 Å². The second kappa shape index (κ2) is 5.81. The van der Waals surface area contributed by atoms with Gasteiger partial charge in [0.05, 0.1) is 11.7 Å². The predicted octanol–water partition coefficient (Wildman–Crippen LogP) is 3.16. The summed E-state index contributed by atoms with van der Waals surface area (Å²) in [4.78, 5) is 18.7. The molecule has 0 saturated carbocycles.